The highest BCUT2D eigenvalue weighted by atomic mass is 79.9. The number of benzene rings is 1. The summed E-state index contributed by atoms with van der Waals surface area (Å²) in [5.41, 5.74) is 7.35. The van der Waals surface area contributed by atoms with Crippen LogP contribution < -0.4 is 5.73 Å². The van der Waals surface area contributed by atoms with Crippen LogP contribution in [0.2, 0.25) is 5.02 Å². The molecule has 0 spiro atoms. The van der Waals surface area contributed by atoms with Crippen molar-refractivity contribution in [3.05, 3.63) is 33.3 Å². The predicted octanol–water partition coefficient (Wildman–Crippen LogP) is 4.61. The maximum absolute atomic E-state index is 6.19. The summed E-state index contributed by atoms with van der Waals surface area (Å²) in [5.74, 6) is 1.83. The zero-order chi connectivity index (χ0) is 14.8. The average molecular weight is 372 g/mol. The van der Waals surface area contributed by atoms with Crippen molar-refractivity contribution in [2.75, 3.05) is 19.6 Å². The molecule has 21 heavy (non-hydrogen) atoms. The SMILES string of the molecule is NCC(c1cc(Cl)ccc1Br)N1CCC2CCCCC2C1. The van der Waals surface area contributed by atoms with Crippen molar-refractivity contribution in [1.29, 1.82) is 0 Å². The molecule has 3 unspecified atom stereocenters. The lowest BCUT2D eigenvalue weighted by Crippen LogP contribution is -2.45. The highest BCUT2D eigenvalue weighted by Crippen LogP contribution is 2.39. The first kappa shape index (κ1) is 15.8. The van der Waals surface area contributed by atoms with Gasteiger partial charge in [-0.2, -0.15) is 0 Å². The van der Waals surface area contributed by atoms with E-state index in [1.165, 1.54) is 50.8 Å². The molecular formula is C17H24BrClN2. The topological polar surface area (TPSA) is 29.3 Å². The molecule has 1 aromatic carbocycles. The monoisotopic (exact) mass is 370 g/mol. The van der Waals surface area contributed by atoms with Gasteiger partial charge in [0.15, 0.2) is 0 Å². The van der Waals surface area contributed by atoms with Gasteiger partial charge >= 0.3 is 0 Å². The van der Waals surface area contributed by atoms with Crippen LogP contribution in [0.4, 0.5) is 0 Å². The second-order valence-electron chi connectivity index (χ2n) is 6.51. The Bertz CT molecular complexity index is 494. The summed E-state index contributed by atoms with van der Waals surface area (Å²) < 4.78 is 1.12. The summed E-state index contributed by atoms with van der Waals surface area (Å²) in [6.45, 7) is 3.02. The van der Waals surface area contributed by atoms with Crippen LogP contribution in [0.3, 0.4) is 0 Å². The fourth-order valence-electron chi connectivity index (χ4n) is 4.15. The Labute approximate surface area is 141 Å². The Kier molecular flexibility index (Phi) is 5.26. The smallest absolute Gasteiger partial charge is 0.0482 e. The number of halogens is 2. The van der Waals surface area contributed by atoms with Gasteiger partial charge in [-0.3, -0.25) is 4.90 Å². The normalized spacial score (nSPS) is 28.1. The number of fused-ring (bicyclic) bond motifs is 1. The van der Waals surface area contributed by atoms with Crippen molar-refractivity contribution in [2.24, 2.45) is 17.6 Å². The number of rotatable bonds is 3. The summed E-state index contributed by atoms with van der Waals surface area (Å²) >= 11 is 9.85. The van der Waals surface area contributed by atoms with Crippen LogP contribution in [0.15, 0.2) is 22.7 Å². The molecule has 0 aromatic heterocycles. The zero-order valence-electron chi connectivity index (χ0n) is 12.4. The highest BCUT2D eigenvalue weighted by molar-refractivity contribution is 9.10. The van der Waals surface area contributed by atoms with Crippen LogP contribution in [-0.4, -0.2) is 24.5 Å². The molecule has 3 rings (SSSR count). The molecule has 1 saturated heterocycles. The number of hydrogen-bond acceptors (Lipinski definition) is 2. The quantitative estimate of drug-likeness (QED) is 0.840. The minimum atomic E-state index is 0.279. The van der Waals surface area contributed by atoms with E-state index in [1.54, 1.807) is 0 Å². The molecule has 1 aliphatic carbocycles. The van der Waals surface area contributed by atoms with E-state index in [-0.39, 0.29) is 6.04 Å². The molecule has 116 valence electrons. The van der Waals surface area contributed by atoms with Gasteiger partial charge in [0.05, 0.1) is 0 Å². The van der Waals surface area contributed by atoms with Gasteiger partial charge in [-0.15, -0.1) is 0 Å². The number of nitrogens with two attached hydrogens (primary N) is 1. The lowest BCUT2D eigenvalue weighted by atomic mass is 9.74. The van der Waals surface area contributed by atoms with Gasteiger partial charge in [-0.1, -0.05) is 46.8 Å². The van der Waals surface area contributed by atoms with Gasteiger partial charge in [0.1, 0.15) is 0 Å². The average Bonchev–Trinajstić information content (AvgIpc) is 2.51. The molecule has 1 aromatic rings. The van der Waals surface area contributed by atoms with E-state index in [2.05, 4.69) is 26.9 Å². The summed E-state index contributed by atoms with van der Waals surface area (Å²) in [7, 11) is 0. The maximum atomic E-state index is 6.19. The minimum Gasteiger partial charge on any atom is -0.329 e. The van der Waals surface area contributed by atoms with Gasteiger partial charge in [-0.25, -0.2) is 0 Å². The second kappa shape index (κ2) is 6.99. The molecule has 1 aliphatic heterocycles. The fraction of sp³-hybridized carbons (Fsp3) is 0.647. The van der Waals surface area contributed by atoms with Crippen LogP contribution in [-0.2, 0) is 0 Å². The van der Waals surface area contributed by atoms with Crippen LogP contribution in [0.5, 0.6) is 0 Å². The summed E-state index contributed by atoms with van der Waals surface area (Å²) in [6, 6.07) is 6.31. The van der Waals surface area contributed by atoms with Gasteiger partial charge in [0.25, 0.3) is 0 Å². The van der Waals surface area contributed by atoms with Crippen molar-refractivity contribution < 1.29 is 0 Å². The first-order valence-corrected chi connectivity index (χ1v) is 9.25. The third kappa shape index (κ3) is 3.47. The first-order chi connectivity index (χ1) is 10.2. The third-order valence-electron chi connectivity index (χ3n) is 5.30. The van der Waals surface area contributed by atoms with E-state index < -0.39 is 0 Å². The third-order valence-corrected chi connectivity index (χ3v) is 6.26. The van der Waals surface area contributed by atoms with E-state index in [4.69, 9.17) is 17.3 Å². The van der Waals surface area contributed by atoms with Crippen LogP contribution in [0.25, 0.3) is 0 Å². The molecule has 2 aliphatic rings. The van der Waals surface area contributed by atoms with E-state index in [1.807, 2.05) is 12.1 Å². The van der Waals surface area contributed by atoms with Gasteiger partial charge in [0, 0.05) is 28.6 Å². The van der Waals surface area contributed by atoms with Gasteiger partial charge in [-0.05, 0) is 55.0 Å². The molecule has 1 heterocycles. The standard InChI is InChI=1S/C17H24BrClN2/c18-16-6-5-14(19)9-15(16)17(10-20)21-8-7-12-3-1-2-4-13(12)11-21/h5-6,9,12-13,17H,1-4,7-8,10-11,20H2. The minimum absolute atomic E-state index is 0.279. The molecule has 0 amide bonds. The van der Waals surface area contributed by atoms with Crippen LogP contribution >= 0.6 is 27.5 Å². The Morgan fingerprint density at radius 3 is 2.76 bits per heavy atom. The molecule has 3 atom stereocenters. The number of nitrogens with zero attached hydrogens (tertiary/aromatic N) is 1. The fourth-order valence-corrected chi connectivity index (χ4v) is 4.85. The Morgan fingerprint density at radius 2 is 2.00 bits per heavy atom. The molecule has 4 heteroatoms. The van der Waals surface area contributed by atoms with Crippen molar-refractivity contribution in [3.63, 3.8) is 0 Å². The maximum Gasteiger partial charge on any atom is 0.0482 e. The lowest BCUT2D eigenvalue weighted by molar-refractivity contribution is 0.0584. The molecule has 0 bridgehead atoms. The van der Waals surface area contributed by atoms with Crippen molar-refractivity contribution in [3.8, 4) is 0 Å². The van der Waals surface area contributed by atoms with Crippen molar-refractivity contribution in [2.45, 2.75) is 38.1 Å². The molecule has 1 saturated carbocycles. The molecule has 2 nitrogen and oxygen atoms in total. The Morgan fingerprint density at radius 1 is 1.24 bits per heavy atom. The van der Waals surface area contributed by atoms with E-state index >= 15 is 0 Å². The molecular weight excluding hydrogens is 348 g/mol. The summed E-state index contributed by atoms with van der Waals surface area (Å²) in [5, 5.41) is 0.791. The Hall–Kier alpha value is -0.0900. The van der Waals surface area contributed by atoms with Crippen LogP contribution in [0.1, 0.15) is 43.7 Å². The first-order valence-electron chi connectivity index (χ1n) is 8.08. The summed E-state index contributed by atoms with van der Waals surface area (Å²) in [4.78, 5) is 2.59. The van der Waals surface area contributed by atoms with Gasteiger partial charge in [0.2, 0.25) is 0 Å². The van der Waals surface area contributed by atoms with Gasteiger partial charge < -0.3 is 5.73 Å². The summed E-state index contributed by atoms with van der Waals surface area (Å²) in [6.07, 6.45) is 7.01. The highest BCUT2D eigenvalue weighted by Gasteiger charge is 2.34. The molecule has 2 fully saturated rings. The van der Waals surface area contributed by atoms with E-state index in [0.717, 1.165) is 21.3 Å². The number of likely N-dealkylation sites (tertiary alicyclic amines) is 1. The van der Waals surface area contributed by atoms with Crippen LogP contribution in [0, 0.1) is 11.8 Å². The van der Waals surface area contributed by atoms with Crippen molar-refractivity contribution >= 4 is 27.5 Å². The van der Waals surface area contributed by atoms with Crippen molar-refractivity contribution in [1.82, 2.24) is 4.90 Å². The predicted molar refractivity (Wildman–Crippen MR) is 92.6 cm³/mol. The lowest BCUT2D eigenvalue weighted by Gasteiger charge is -2.44. The Balaban J connectivity index is 1.78. The zero-order valence-corrected chi connectivity index (χ0v) is 14.7. The number of piperidine rings is 1. The molecule has 0 radical (unpaired) electrons. The second-order valence-corrected chi connectivity index (χ2v) is 7.80. The largest absolute Gasteiger partial charge is 0.329 e. The van der Waals surface area contributed by atoms with E-state index in [0.29, 0.717) is 6.54 Å². The number of hydrogen-bond donors (Lipinski definition) is 1. The molecule has 2 N–H and O–H groups in total. The van der Waals surface area contributed by atoms with E-state index in [9.17, 15) is 0 Å².